The van der Waals surface area contributed by atoms with E-state index in [9.17, 15) is 0 Å². The number of hydrogen-bond acceptors (Lipinski definition) is 2. The van der Waals surface area contributed by atoms with Crippen LogP contribution in [0.15, 0.2) is 115 Å². The first kappa shape index (κ1) is 19.8. The number of nitrogens with one attached hydrogen (secondary N) is 1. The minimum Gasteiger partial charge on any atom is -0.340 e. The molecular formula is C26H26NOP. The second-order valence-corrected chi connectivity index (χ2v) is 8.89. The van der Waals surface area contributed by atoms with Crippen LogP contribution in [0.5, 0.6) is 0 Å². The molecule has 2 nitrogen and oxygen atoms in total. The number of hydrogen-bond donors (Lipinski definition) is 1. The Morgan fingerprint density at radius 1 is 0.724 bits per heavy atom. The average Bonchev–Trinajstić information content (AvgIpc) is 3.31. The summed E-state index contributed by atoms with van der Waals surface area (Å²) in [7, 11) is -0.909. The molecule has 0 spiro atoms. The van der Waals surface area contributed by atoms with Crippen LogP contribution in [0.3, 0.4) is 0 Å². The summed E-state index contributed by atoms with van der Waals surface area (Å²) in [5.74, 6) is 0.469. The Morgan fingerprint density at radius 2 is 1.24 bits per heavy atom. The van der Waals surface area contributed by atoms with E-state index in [2.05, 4.69) is 121 Å². The van der Waals surface area contributed by atoms with Gasteiger partial charge in [-0.15, -0.1) is 0 Å². The number of rotatable bonds is 9. The zero-order valence-electron chi connectivity index (χ0n) is 16.4. The van der Waals surface area contributed by atoms with Crippen molar-refractivity contribution in [2.45, 2.75) is 6.10 Å². The first-order valence-electron chi connectivity index (χ1n) is 10.1. The molecule has 29 heavy (non-hydrogen) atoms. The fourth-order valence-corrected chi connectivity index (χ4v) is 5.28. The highest BCUT2D eigenvalue weighted by Crippen LogP contribution is 2.40. The molecule has 0 bridgehead atoms. The lowest BCUT2D eigenvalue weighted by molar-refractivity contribution is 0.230. The van der Waals surface area contributed by atoms with Crippen molar-refractivity contribution in [3.8, 4) is 0 Å². The van der Waals surface area contributed by atoms with Crippen molar-refractivity contribution in [2.75, 3.05) is 13.1 Å². The van der Waals surface area contributed by atoms with Crippen molar-refractivity contribution >= 4 is 18.8 Å². The van der Waals surface area contributed by atoms with E-state index < -0.39 is 8.15 Å². The molecule has 3 heteroatoms. The van der Waals surface area contributed by atoms with Gasteiger partial charge in [0.2, 0.25) is 0 Å². The van der Waals surface area contributed by atoms with E-state index in [1.165, 1.54) is 16.2 Å². The molecule has 0 unspecified atom stereocenters. The van der Waals surface area contributed by atoms with Gasteiger partial charge in [0.15, 0.2) is 0 Å². The van der Waals surface area contributed by atoms with Crippen molar-refractivity contribution < 1.29 is 4.52 Å². The van der Waals surface area contributed by atoms with Gasteiger partial charge in [-0.1, -0.05) is 115 Å². The quantitative estimate of drug-likeness (QED) is 0.504. The molecule has 0 saturated heterocycles. The highest BCUT2D eigenvalue weighted by atomic mass is 31.1. The lowest BCUT2D eigenvalue weighted by Gasteiger charge is -2.26. The lowest BCUT2D eigenvalue weighted by Crippen LogP contribution is -2.28. The molecular weight excluding hydrogens is 373 g/mol. The summed E-state index contributed by atoms with van der Waals surface area (Å²) in [6.45, 7) is 1.70. The van der Waals surface area contributed by atoms with Gasteiger partial charge in [-0.3, -0.25) is 0 Å². The summed E-state index contributed by atoms with van der Waals surface area (Å²) in [5.41, 5.74) is 1.21. The summed E-state index contributed by atoms with van der Waals surface area (Å²) in [5, 5.41) is 6.08. The fourth-order valence-electron chi connectivity index (χ4n) is 3.40. The van der Waals surface area contributed by atoms with E-state index in [0.29, 0.717) is 5.92 Å². The standard InChI is InChI=1S/C26H26NOP/c1-4-14-23(15-5-1)26(21-27-20-22-12-10-11-13-22)28-29(24-16-6-2-7-17-24)25-18-8-3-9-19-25/h1-19,22,26-27H,20-21H2/t26-/m0/s1. The molecule has 0 amide bonds. The SMILES string of the molecule is C1=CC(CNC[C@H](OP(c2ccccc2)c2ccccc2)c2ccccc2)C=C1. The van der Waals surface area contributed by atoms with Gasteiger partial charge in [-0.2, -0.15) is 0 Å². The number of allylic oxidation sites excluding steroid dienone is 2. The van der Waals surface area contributed by atoms with Crippen LogP contribution in [0.1, 0.15) is 11.7 Å². The molecule has 146 valence electrons. The highest BCUT2D eigenvalue weighted by Gasteiger charge is 2.22. The third-order valence-corrected chi connectivity index (χ3v) is 6.92. The minimum absolute atomic E-state index is 0.0166. The van der Waals surface area contributed by atoms with Crippen LogP contribution in [-0.4, -0.2) is 13.1 Å². The highest BCUT2D eigenvalue weighted by molar-refractivity contribution is 7.68. The van der Waals surface area contributed by atoms with E-state index in [1.807, 2.05) is 0 Å². The van der Waals surface area contributed by atoms with Gasteiger partial charge in [0.25, 0.3) is 0 Å². The van der Waals surface area contributed by atoms with Crippen LogP contribution in [-0.2, 0) is 4.52 Å². The van der Waals surface area contributed by atoms with Gasteiger partial charge in [-0.25, -0.2) is 0 Å². The monoisotopic (exact) mass is 399 g/mol. The molecule has 0 fully saturated rings. The molecule has 4 rings (SSSR count). The first-order chi connectivity index (χ1) is 14.4. The van der Waals surface area contributed by atoms with Crippen molar-refractivity contribution in [1.29, 1.82) is 0 Å². The molecule has 1 N–H and O–H groups in total. The third kappa shape index (κ3) is 5.52. The predicted octanol–water partition coefficient (Wildman–Crippen LogP) is 5.12. The average molecular weight is 399 g/mol. The Morgan fingerprint density at radius 3 is 1.79 bits per heavy atom. The lowest BCUT2D eigenvalue weighted by atomic mass is 10.1. The van der Waals surface area contributed by atoms with Crippen molar-refractivity contribution in [3.05, 3.63) is 121 Å². The number of benzene rings is 3. The molecule has 1 aliphatic carbocycles. The van der Waals surface area contributed by atoms with E-state index in [-0.39, 0.29) is 6.10 Å². The maximum absolute atomic E-state index is 6.84. The summed E-state index contributed by atoms with van der Waals surface area (Å²) in [4.78, 5) is 0. The summed E-state index contributed by atoms with van der Waals surface area (Å²) in [6.07, 6.45) is 8.67. The van der Waals surface area contributed by atoms with Crippen molar-refractivity contribution in [1.82, 2.24) is 5.32 Å². The summed E-state index contributed by atoms with van der Waals surface area (Å²) >= 11 is 0. The Kier molecular flexibility index (Phi) is 7.04. The van der Waals surface area contributed by atoms with Gasteiger partial charge >= 0.3 is 0 Å². The van der Waals surface area contributed by atoms with Crippen LogP contribution >= 0.6 is 8.15 Å². The Labute approximate surface area is 174 Å². The topological polar surface area (TPSA) is 21.3 Å². The molecule has 3 aromatic carbocycles. The van der Waals surface area contributed by atoms with E-state index in [0.717, 1.165) is 13.1 Å². The zero-order chi connectivity index (χ0) is 19.7. The van der Waals surface area contributed by atoms with Gasteiger partial charge in [0, 0.05) is 29.6 Å². The van der Waals surface area contributed by atoms with E-state index in [4.69, 9.17) is 4.52 Å². The largest absolute Gasteiger partial charge is 0.340 e. The second-order valence-electron chi connectivity index (χ2n) is 7.06. The predicted molar refractivity (Wildman–Crippen MR) is 124 cm³/mol. The van der Waals surface area contributed by atoms with Gasteiger partial charge < -0.3 is 9.84 Å². The molecule has 0 heterocycles. The van der Waals surface area contributed by atoms with Crippen LogP contribution < -0.4 is 15.9 Å². The molecule has 3 aromatic rings. The molecule has 0 radical (unpaired) electrons. The van der Waals surface area contributed by atoms with Gasteiger partial charge in [0.05, 0.1) is 8.15 Å². The van der Waals surface area contributed by atoms with Crippen molar-refractivity contribution in [2.24, 2.45) is 5.92 Å². The molecule has 0 aliphatic heterocycles. The Hall–Kier alpha value is -2.51. The van der Waals surface area contributed by atoms with Crippen LogP contribution in [0.2, 0.25) is 0 Å². The Bertz CT molecular complexity index is 873. The van der Waals surface area contributed by atoms with Crippen LogP contribution in [0.25, 0.3) is 0 Å². The zero-order valence-corrected chi connectivity index (χ0v) is 17.3. The molecule has 0 aromatic heterocycles. The summed E-state index contributed by atoms with van der Waals surface area (Å²) in [6, 6.07) is 31.7. The normalized spacial score (nSPS) is 14.5. The molecule has 0 saturated carbocycles. The van der Waals surface area contributed by atoms with Crippen LogP contribution in [0.4, 0.5) is 0 Å². The van der Waals surface area contributed by atoms with Crippen LogP contribution in [0, 0.1) is 5.92 Å². The van der Waals surface area contributed by atoms with E-state index >= 15 is 0 Å². The van der Waals surface area contributed by atoms with E-state index in [1.54, 1.807) is 0 Å². The van der Waals surface area contributed by atoms with Crippen molar-refractivity contribution in [3.63, 3.8) is 0 Å². The molecule has 1 atom stereocenters. The maximum Gasteiger partial charge on any atom is 0.100 e. The second kappa shape index (κ2) is 10.3. The summed E-state index contributed by atoms with van der Waals surface area (Å²) < 4.78 is 6.84. The molecule has 1 aliphatic rings. The first-order valence-corrected chi connectivity index (χ1v) is 11.3. The van der Waals surface area contributed by atoms with Gasteiger partial charge in [-0.05, 0) is 5.56 Å². The third-order valence-electron chi connectivity index (χ3n) is 4.92. The fraction of sp³-hybridized carbons (Fsp3) is 0.154. The Balaban J connectivity index is 1.56. The minimum atomic E-state index is -0.909. The maximum atomic E-state index is 6.84. The smallest absolute Gasteiger partial charge is 0.100 e. The van der Waals surface area contributed by atoms with Gasteiger partial charge in [0.1, 0.15) is 6.10 Å².